The van der Waals surface area contributed by atoms with E-state index in [9.17, 15) is 10.2 Å². The Hall–Kier alpha value is -3.87. The highest BCUT2D eigenvalue weighted by atomic mass is 16.5. The van der Waals surface area contributed by atoms with Gasteiger partial charge in [0.2, 0.25) is 0 Å². The molecule has 0 fully saturated rings. The number of rotatable bonds is 7. The number of fused-ring (bicyclic) bond motifs is 1. The molecule has 1 amide bonds. The van der Waals surface area contributed by atoms with E-state index in [-0.39, 0.29) is 23.2 Å². The summed E-state index contributed by atoms with van der Waals surface area (Å²) in [7, 11) is 3.29. The van der Waals surface area contributed by atoms with Crippen LogP contribution in [-0.2, 0) is 11.3 Å². The zero-order valence-electron chi connectivity index (χ0n) is 17.6. The molecule has 2 aromatic carbocycles. The lowest BCUT2D eigenvalue weighted by Crippen LogP contribution is -2.41. The largest absolute Gasteiger partial charge is 0.810 e. The van der Waals surface area contributed by atoms with Gasteiger partial charge in [0.15, 0.2) is 0 Å². The molecule has 2 aromatic rings. The number of carbonyl (C=O) groups is 1. The first-order chi connectivity index (χ1) is 15.0. The first kappa shape index (κ1) is 21.8. The van der Waals surface area contributed by atoms with Crippen LogP contribution < -0.4 is 15.8 Å². The van der Waals surface area contributed by atoms with Crippen molar-refractivity contribution >= 4 is 17.8 Å². The van der Waals surface area contributed by atoms with Crippen molar-refractivity contribution in [2.24, 2.45) is 5.73 Å². The second kappa shape index (κ2) is 9.75. The molecule has 0 unspecified atom stereocenters. The average molecular weight is 417 g/mol. The van der Waals surface area contributed by atoms with Gasteiger partial charge in [0, 0.05) is 31.6 Å². The lowest BCUT2D eigenvalue weighted by Gasteiger charge is -2.36. The Morgan fingerprint density at radius 1 is 1.26 bits per heavy atom. The Labute approximate surface area is 182 Å². The molecule has 31 heavy (non-hydrogen) atoms. The van der Waals surface area contributed by atoms with Gasteiger partial charge in [-0.2, -0.15) is 6.21 Å². The monoisotopic (exact) mass is 416 g/mol. The van der Waals surface area contributed by atoms with Gasteiger partial charge in [-0.15, -0.1) is 0 Å². The molecular formula is C24H26N5O2-. The summed E-state index contributed by atoms with van der Waals surface area (Å²) in [5, 5.41) is 21.0. The molecule has 0 aromatic heterocycles. The number of carbonyl (C=O) groups excluding carboxylic acids is 1. The number of ether oxygens (including phenoxy) is 1. The van der Waals surface area contributed by atoms with Crippen LogP contribution in [0.5, 0.6) is 5.75 Å². The number of nitrogens with one attached hydrogen (secondary N) is 2. The van der Waals surface area contributed by atoms with Gasteiger partial charge >= 0.3 is 0 Å². The predicted octanol–water partition coefficient (Wildman–Crippen LogP) is 2.78. The van der Waals surface area contributed by atoms with Crippen LogP contribution in [0.2, 0.25) is 0 Å². The molecule has 1 atom stereocenters. The molecule has 0 radical (unpaired) electrons. The van der Waals surface area contributed by atoms with E-state index in [0.29, 0.717) is 30.0 Å². The molecule has 1 heterocycles. The number of hydrogen-bond acceptors (Lipinski definition) is 5. The summed E-state index contributed by atoms with van der Waals surface area (Å²) < 4.78 is 5.29. The van der Waals surface area contributed by atoms with Crippen molar-refractivity contribution in [3.8, 4) is 5.75 Å². The highest BCUT2D eigenvalue weighted by Crippen LogP contribution is 2.33. The number of amides is 1. The van der Waals surface area contributed by atoms with E-state index in [0.717, 1.165) is 17.3 Å². The standard InChI is InChI=1S/C24H26N5O2/c1-28-13-17(12-25)20-15-29(14-16-7-3-4-8-18(16)20)24(30)22(27)11-21(26)19-9-5-6-10-23(19)31-2/h3-13,20,26,28H,14-15,27H2,1-2H3/q-1/b17-13+,22-11-,26-21?/t20-/m1/s1. The molecule has 1 aliphatic rings. The van der Waals surface area contributed by atoms with Crippen molar-refractivity contribution in [3.63, 3.8) is 0 Å². The molecule has 7 heteroatoms. The lowest BCUT2D eigenvalue weighted by molar-refractivity contribution is -0.128. The van der Waals surface area contributed by atoms with E-state index in [1.165, 1.54) is 13.2 Å². The number of methoxy groups -OCH3 is 1. The molecule has 0 aliphatic carbocycles. The van der Waals surface area contributed by atoms with E-state index in [1.807, 2.05) is 30.3 Å². The van der Waals surface area contributed by atoms with Gasteiger partial charge in [-0.1, -0.05) is 36.4 Å². The number of para-hydroxylation sites is 1. The Kier molecular flexibility index (Phi) is 6.87. The summed E-state index contributed by atoms with van der Waals surface area (Å²) in [4.78, 5) is 14.8. The van der Waals surface area contributed by atoms with Crippen molar-refractivity contribution in [1.82, 2.24) is 10.2 Å². The average Bonchev–Trinajstić information content (AvgIpc) is 2.81. The Morgan fingerprint density at radius 3 is 2.68 bits per heavy atom. The Morgan fingerprint density at radius 2 is 1.97 bits per heavy atom. The first-order valence-electron chi connectivity index (χ1n) is 9.91. The lowest BCUT2D eigenvalue weighted by atomic mass is 9.85. The van der Waals surface area contributed by atoms with Crippen LogP contribution in [0.1, 0.15) is 22.6 Å². The van der Waals surface area contributed by atoms with E-state index in [4.69, 9.17) is 15.9 Å². The minimum atomic E-state index is -0.360. The van der Waals surface area contributed by atoms with Crippen LogP contribution >= 0.6 is 0 Å². The van der Waals surface area contributed by atoms with E-state index in [2.05, 4.69) is 5.32 Å². The van der Waals surface area contributed by atoms with Crippen LogP contribution in [0.3, 0.4) is 0 Å². The normalized spacial score (nSPS) is 16.3. The van der Waals surface area contributed by atoms with Crippen LogP contribution in [0.15, 0.2) is 72.1 Å². The number of hydrogen-bond donors (Lipinski definition) is 3. The minimum Gasteiger partial charge on any atom is -0.810 e. The topological polar surface area (TPSA) is 114 Å². The van der Waals surface area contributed by atoms with Gasteiger partial charge in [0.25, 0.3) is 5.91 Å². The third kappa shape index (κ3) is 4.66. The summed E-state index contributed by atoms with van der Waals surface area (Å²) in [5.74, 6) is -0.0231. The number of nitrogens with zero attached hydrogens (tertiary/aromatic N) is 2. The maximum absolute atomic E-state index is 13.1. The van der Waals surface area contributed by atoms with Crippen LogP contribution in [0.25, 0.3) is 5.41 Å². The molecule has 4 N–H and O–H groups in total. The highest BCUT2D eigenvalue weighted by molar-refractivity contribution is 6.12. The molecule has 7 nitrogen and oxygen atoms in total. The molecule has 0 spiro atoms. The number of nitrogens with two attached hydrogens (primary N) is 1. The van der Waals surface area contributed by atoms with Gasteiger partial charge in [-0.25, -0.2) is 0 Å². The fourth-order valence-corrected chi connectivity index (χ4v) is 3.79. The van der Waals surface area contributed by atoms with Crippen molar-refractivity contribution in [3.05, 3.63) is 94.2 Å². The maximum atomic E-state index is 13.1. The number of benzene rings is 2. The van der Waals surface area contributed by atoms with Crippen LogP contribution in [0, 0.1) is 5.41 Å². The molecule has 0 bridgehead atoms. The van der Waals surface area contributed by atoms with Crippen molar-refractivity contribution < 1.29 is 9.53 Å². The van der Waals surface area contributed by atoms with Crippen molar-refractivity contribution in [2.45, 2.75) is 12.5 Å². The summed E-state index contributed by atoms with van der Waals surface area (Å²) in [5.41, 5.74) is 9.45. The maximum Gasteiger partial charge on any atom is 0.270 e. The summed E-state index contributed by atoms with van der Waals surface area (Å²) >= 11 is 0. The molecule has 0 saturated carbocycles. The second-order valence-corrected chi connectivity index (χ2v) is 7.21. The smallest absolute Gasteiger partial charge is 0.270 e. The van der Waals surface area contributed by atoms with Gasteiger partial charge in [0.1, 0.15) is 5.75 Å². The molecular weight excluding hydrogens is 390 g/mol. The molecule has 1 aliphatic heterocycles. The molecule has 160 valence electrons. The van der Waals surface area contributed by atoms with Crippen LogP contribution in [-0.4, -0.2) is 43.4 Å². The van der Waals surface area contributed by atoms with Gasteiger partial charge in [0.05, 0.1) is 18.5 Å². The third-order valence-electron chi connectivity index (χ3n) is 5.29. The SMILES string of the molecule is CN/C=C(\C=[N-])[C@H]1CN(C(=O)/C(N)=C/C(=N)c2ccccc2OC)Cc2ccccc21. The highest BCUT2D eigenvalue weighted by Gasteiger charge is 2.30. The third-order valence-corrected chi connectivity index (χ3v) is 5.29. The quantitative estimate of drug-likeness (QED) is 0.476. The Bertz CT molecular complexity index is 1060. The minimum absolute atomic E-state index is 0.0267. The van der Waals surface area contributed by atoms with Gasteiger partial charge in [-0.3, -0.25) is 4.79 Å². The fourth-order valence-electron chi connectivity index (χ4n) is 3.79. The zero-order chi connectivity index (χ0) is 22.4. The Balaban J connectivity index is 1.89. The molecule has 3 rings (SSSR count). The van der Waals surface area contributed by atoms with E-state index in [1.54, 1.807) is 36.3 Å². The van der Waals surface area contributed by atoms with Gasteiger partial charge in [-0.05, 0) is 41.1 Å². The van der Waals surface area contributed by atoms with Crippen molar-refractivity contribution in [1.29, 1.82) is 5.41 Å². The first-order valence-corrected chi connectivity index (χ1v) is 9.91. The second-order valence-electron chi connectivity index (χ2n) is 7.21. The van der Waals surface area contributed by atoms with E-state index < -0.39 is 0 Å². The van der Waals surface area contributed by atoms with Crippen LogP contribution in [0.4, 0.5) is 0 Å². The summed E-state index contributed by atoms with van der Waals surface area (Å²) in [6.45, 7) is 0.761. The van der Waals surface area contributed by atoms with E-state index >= 15 is 0 Å². The van der Waals surface area contributed by atoms with Gasteiger partial charge < -0.3 is 31.5 Å². The summed E-state index contributed by atoms with van der Waals surface area (Å²) in [6.07, 6.45) is 4.13. The predicted molar refractivity (Wildman–Crippen MR) is 123 cm³/mol. The summed E-state index contributed by atoms with van der Waals surface area (Å²) in [6, 6.07) is 14.9. The number of allylic oxidation sites excluding steroid dienone is 1. The fraction of sp³-hybridized carbons (Fsp3) is 0.208. The zero-order valence-corrected chi connectivity index (χ0v) is 17.6. The molecule has 0 saturated heterocycles. The van der Waals surface area contributed by atoms with Crippen molar-refractivity contribution in [2.75, 3.05) is 20.7 Å².